The predicted molar refractivity (Wildman–Crippen MR) is 52.9 cm³/mol. The minimum atomic E-state index is 0.139. The van der Waals surface area contributed by atoms with Crippen molar-refractivity contribution in [2.24, 2.45) is 0 Å². The molecule has 0 saturated carbocycles. The Kier molecular flexibility index (Phi) is 9.42. The number of hydrogen-bond acceptors (Lipinski definition) is 3. The lowest BCUT2D eigenvalue weighted by atomic mass is 10.4. The van der Waals surface area contributed by atoms with Crippen molar-refractivity contribution >= 4 is 0 Å². The third-order valence-electron chi connectivity index (χ3n) is 1.49. The summed E-state index contributed by atoms with van der Waals surface area (Å²) in [6.45, 7) is 8.26. The van der Waals surface area contributed by atoms with Crippen LogP contribution in [0, 0.1) is 0 Å². The summed E-state index contributed by atoms with van der Waals surface area (Å²) in [6, 6.07) is 0. The van der Waals surface area contributed by atoms with Gasteiger partial charge in [0, 0.05) is 20.3 Å². The van der Waals surface area contributed by atoms with Crippen molar-refractivity contribution in [3.8, 4) is 0 Å². The van der Waals surface area contributed by atoms with Crippen LogP contribution in [0.4, 0.5) is 0 Å². The van der Waals surface area contributed by atoms with E-state index in [-0.39, 0.29) is 6.10 Å². The van der Waals surface area contributed by atoms with Gasteiger partial charge in [-0.05, 0) is 13.3 Å². The van der Waals surface area contributed by atoms with Gasteiger partial charge in [0.05, 0.1) is 19.3 Å². The van der Waals surface area contributed by atoms with Crippen LogP contribution in [-0.4, -0.2) is 39.6 Å². The van der Waals surface area contributed by atoms with Crippen molar-refractivity contribution in [3.05, 3.63) is 12.7 Å². The van der Waals surface area contributed by atoms with E-state index in [4.69, 9.17) is 14.2 Å². The monoisotopic (exact) mass is 188 g/mol. The molecule has 0 bridgehead atoms. The summed E-state index contributed by atoms with van der Waals surface area (Å²) in [4.78, 5) is 0. The van der Waals surface area contributed by atoms with E-state index < -0.39 is 0 Å². The van der Waals surface area contributed by atoms with Crippen LogP contribution in [0.5, 0.6) is 0 Å². The fourth-order valence-corrected chi connectivity index (χ4v) is 0.835. The summed E-state index contributed by atoms with van der Waals surface area (Å²) < 4.78 is 15.6. The van der Waals surface area contributed by atoms with E-state index in [9.17, 15) is 0 Å². The van der Waals surface area contributed by atoms with Gasteiger partial charge in [0.25, 0.3) is 0 Å². The van der Waals surface area contributed by atoms with Crippen LogP contribution in [0.1, 0.15) is 13.3 Å². The lowest BCUT2D eigenvalue weighted by Crippen LogP contribution is -2.16. The largest absolute Gasteiger partial charge is 0.385 e. The number of hydrogen-bond donors (Lipinski definition) is 0. The molecule has 1 unspecified atom stereocenters. The smallest absolute Gasteiger partial charge is 0.0784 e. The molecular weight excluding hydrogens is 168 g/mol. The zero-order valence-electron chi connectivity index (χ0n) is 8.62. The Labute approximate surface area is 80.7 Å². The molecule has 0 spiro atoms. The third kappa shape index (κ3) is 9.53. The van der Waals surface area contributed by atoms with Crippen molar-refractivity contribution in [1.82, 2.24) is 0 Å². The van der Waals surface area contributed by atoms with Crippen LogP contribution >= 0.6 is 0 Å². The van der Waals surface area contributed by atoms with Gasteiger partial charge in [0.1, 0.15) is 0 Å². The van der Waals surface area contributed by atoms with E-state index >= 15 is 0 Å². The van der Waals surface area contributed by atoms with Crippen molar-refractivity contribution in [2.45, 2.75) is 19.4 Å². The summed E-state index contributed by atoms with van der Waals surface area (Å²) in [5.74, 6) is 0. The zero-order valence-corrected chi connectivity index (χ0v) is 8.62. The molecule has 0 aliphatic heterocycles. The Morgan fingerprint density at radius 3 is 2.77 bits per heavy atom. The van der Waals surface area contributed by atoms with E-state index in [1.54, 1.807) is 13.2 Å². The molecule has 0 rings (SSSR count). The van der Waals surface area contributed by atoms with Crippen LogP contribution in [0.15, 0.2) is 12.7 Å². The molecule has 13 heavy (non-hydrogen) atoms. The number of rotatable bonds is 9. The first kappa shape index (κ1) is 12.6. The fourth-order valence-electron chi connectivity index (χ4n) is 0.835. The van der Waals surface area contributed by atoms with Gasteiger partial charge in [-0.3, -0.25) is 0 Å². The average Bonchev–Trinajstić information content (AvgIpc) is 2.14. The van der Waals surface area contributed by atoms with E-state index in [1.165, 1.54) is 0 Å². The maximum absolute atomic E-state index is 5.36. The normalized spacial score (nSPS) is 12.8. The van der Waals surface area contributed by atoms with E-state index in [1.807, 2.05) is 6.92 Å². The molecule has 0 aromatic heterocycles. The highest BCUT2D eigenvalue weighted by molar-refractivity contribution is 4.65. The van der Waals surface area contributed by atoms with Crippen LogP contribution in [0.25, 0.3) is 0 Å². The topological polar surface area (TPSA) is 27.7 Å². The molecule has 0 saturated heterocycles. The molecule has 3 nitrogen and oxygen atoms in total. The Balaban J connectivity index is 3.07. The summed E-state index contributed by atoms with van der Waals surface area (Å²) in [5.41, 5.74) is 0. The standard InChI is InChI=1S/C10H20O3/c1-4-6-13-10(2)9-12-8-5-7-11-3/h4,10H,1,5-9H2,2-3H3. The van der Waals surface area contributed by atoms with Crippen LogP contribution < -0.4 is 0 Å². The minimum Gasteiger partial charge on any atom is -0.385 e. The quantitative estimate of drug-likeness (QED) is 0.406. The Morgan fingerprint density at radius 2 is 2.15 bits per heavy atom. The van der Waals surface area contributed by atoms with Crippen molar-refractivity contribution in [1.29, 1.82) is 0 Å². The van der Waals surface area contributed by atoms with Gasteiger partial charge in [-0.2, -0.15) is 0 Å². The molecule has 0 fully saturated rings. The molecule has 0 aliphatic carbocycles. The average molecular weight is 188 g/mol. The molecule has 0 aromatic carbocycles. The summed E-state index contributed by atoms with van der Waals surface area (Å²) in [6.07, 6.45) is 2.81. The Morgan fingerprint density at radius 1 is 1.38 bits per heavy atom. The number of ether oxygens (including phenoxy) is 3. The van der Waals surface area contributed by atoms with E-state index in [0.717, 1.165) is 19.6 Å². The van der Waals surface area contributed by atoms with Gasteiger partial charge in [-0.15, -0.1) is 6.58 Å². The van der Waals surface area contributed by atoms with Crippen LogP contribution in [0.3, 0.4) is 0 Å². The van der Waals surface area contributed by atoms with Crippen LogP contribution in [0.2, 0.25) is 0 Å². The molecule has 0 heterocycles. The van der Waals surface area contributed by atoms with Gasteiger partial charge in [0.15, 0.2) is 0 Å². The highest BCUT2D eigenvalue weighted by atomic mass is 16.5. The first-order valence-corrected chi connectivity index (χ1v) is 4.60. The van der Waals surface area contributed by atoms with Crippen molar-refractivity contribution in [2.75, 3.05) is 33.5 Å². The summed E-state index contributed by atoms with van der Waals surface area (Å²) in [5, 5.41) is 0. The molecule has 0 N–H and O–H groups in total. The third-order valence-corrected chi connectivity index (χ3v) is 1.49. The second-order valence-electron chi connectivity index (χ2n) is 2.85. The zero-order chi connectivity index (χ0) is 9.94. The van der Waals surface area contributed by atoms with E-state index in [0.29, 0.717) is 13.2 Å². The minimum absolute atomic E-state index is 0.139. The van der Waals surface area contributed by atoms with Gasteiger partial charge in [-0.1, -0.05) is 6.08 Å². The second kappa shape index (κ2) is 9.71. The van der Waals surface area contributed by atoms with Gasteiger partial charge < -0.3 is 14.2 Å². The molecule has 78 valence electrons. The van der Waals surface area contributed by atoms with Gasteiger partial charge in [0.2, 0.25) is 0 Å². The first-order chi connectivity index (χ1) is 6.31. The molecule has 1 atom stereocenters. The summed E-state index contributed by atoms with van der Waals surface area (Å²) in [7, 11) is 1.69. The number of methoxy groups -OCH3 is 1. The SMILES string of the molecule is C=CCOC(C)COCCCOC. The van der Waals surface area contributed by atoms with Crippen molar-refractivity contribution in [3.63, 3.8) is 0 Å². The molecule has 0 aliphatic rings. The Hall–Kier alpha value is -0.380. The molecule has 3 heteroatoms. The molecule has 0 aromatic rings. The van der Waals surface area contributed by atoms with Gasteiger partial charge in [-0.25, -0.2) is 0 Å². The lowest BCUT2D eigenvalue weighted by molar-refractivity contribution is 0.0000399. The summed E-state index contributed by atoms with van der Waals surface area (Å²) >= 11 is 0. The maximum Gasteiger partial charge on any atom is 0.0784 e. The maximum atomic E-state index is 5.36. The fraction of sp³-hybridized carbons (Fsp3) is 0.800. The highest BCUT2D eigenvalue weighted by Crippen LogP contribution is 1.93. The predicted octanol–water partition coefficient (Wildman–Crippen LogP) is 1.63. The molecule has 0 amide bonds. The molecule has 0 radical (unpaired) electrons. The highest BCUT2D eigenvalue weighted by Gasteiger charge is 1.99. The van der Waals surface area contributed by atoms with Crippen LogP contribution in [-0.2, 0) is 14.2 Å². The van der Waals surface area contributed by atoms with E-state index in [2.05, 4.69) is 6.58 Å². The van der Waals surface area contributed by atoms with Gasteiger partial charge >= 0.3 is 0 Å². The lowest BCUT2D eigenvalue weighted by Gasteiger charge is -2.11. The second-order valence-corrected chi connectivity index (χ2v) is 2.85. The first-order valence-electron chi connectivity index (χ1n) is 4.60. The van der Waals surface area contributed by atoms with Crippen molar-refractivity contribution < 1.29 is 14.2 Å². The molecular formula is C10H20O3. The Bertz CT molecular complexity index is 115.